The maximum Gasteiger partial charge on any atom is 0.193 e. The predicted octanol–water partition coefficient (Wildman–Crippen LogP) is 2.55. The third kappa shape index (κ3) is 5.06. The zero-order chi connectivity index (χ0) is 17.7. The lowest BCUT2D eigenvalue weighted by Gasteiger charge is -2.27. The first kappa shape index (κ1) is 19.0. The van der Waals surface area contributed by atoms with Crippen molar-refractivity contribution in [3.63, 3.8) is 0 Å². The van der Waals surface area contributed by atoms with E-state index in [0.29, 0.717) is 0 Å². The van der Waals surface area contributed by atoms with Crippen LogP contribution in [0.4, 0.5) is 0 Å². The molecule has 1 unspecified atom stereocenters. The summed E-state index contributed by atoms with van der Waals surface area (Å²) in [7, 11) is 9.97. The summed E-state index contributed by atoms with van der Waals surface area (Å²) < 4.78 is 2.99. The Kier molecular flexibility index (Phi) is 6.82. The average molecular weight is 413 g/mol. The van der Waals surface area contributed by atoms with Crippen molar-refractivity contribution in [2.75, 3.05) is 34.7 Å². The van der Waals surface area contributed by atoms with Crippen molar-refractivity contribution in [1.29, 1.82) is 0 Å². The molecule has 2 aromatic heterocycles. The monoisotopic (exact) mass is 412 g/mol. The van der Waals surface area contributed by atoms with Crippen LogP contribution < -0.4 is 5.32 Å². The fourth-order valence-electron chi connectivity index (χ4n) is 2.53. The topological polar surface area (TPSA) is 48.7 Å². The van der Waals surface area contributed by atoms with Gasteiger partial charge in [-0.1, -0.05) is 0 Å². The molecular formula is C16H25BrN6S. The Labute approximate surface area is 156 Å². The van der Waals surface area contributed by atoms with Crippen molar-refractivity contribution in [2.24, 2.45) is 12.0 Å². The summed E-state index contributed by atoms with van der Waals surface area (Å²) in [6, 6.07) is 4.45. The fraction of sp³-hybridized carbons (Fsp3) is 0.500. The second kappa shape index (κ2) is 8.64. The summed E-state index contributed by atoms with van der Waals surface area (Å²) in [6.07, 6.45) is 3.98. The maximum atomic E-state index is 4.41. The first-order valence-electron chi connectivity index (χ1n) is 7.71. The van der Waals surface area contributed by atoms with Gasteiger partial charge in [0.05, 0.1) is 22.6 Å². The van der Waals surface area contributed by atoms with Crippen molar-refractivity contribution < 1.29 is 0 Å². The van der Waals surface area contributed by atoms with E-state index in [-0.39, 0.29) is 6.04 Å². The van der Waals surface area contributed by atoms with E-state index in [1.54, 1.807) is 11.3 Å². The Morgan fingerprint density at radius 2 is 2.17 bits per heavy atom. The zero-order valence-electron chi connectivity index (χ0n) is 14.8. The molecule has 6 nitrogen and oxygen atoms in total. The van der Waals surface area contributed by atoms with Gasteiger partial charge >= 0.3 is 0 Å². The minimum atomic E-state index is 0.236. The molecule has 1 N–H and O–H groups in total. The molecule has 0 saturated carbocycles. The Balaban J connectivity index is 1.98. The number of aryl methyl sites for hydroxylation is 1. The van der Waals surface area contributed by atoms with E-state index >= 15 is 0 Å². The number of likely N-dealkylation sites (N-methyl/N-ethyl adjacent to an activating group) is 1. The van der Waals surface area contributed by atoms with Crippen molar-refractivity contribution in [3.8, 4) is 0 Å². The Bertz CT molecular complexity index is 678. The van der Waals surface area contributed by atoms with Gasteiger partial charge in [-0.3, -0.25) is 9.67 Å². The van der Waals surface area contributed by atoms with E-state index in [1.165, 1.54) is 10.4 Å². The van der Waals surface area contributed by atoms with Crippen molar-refractivity contribution in [2.45, 2.75) is 12.6 Å². The van der Waals surface area contributed by atoms with Crippen molar-refractivity contribution in [1.82, 2.24) is 24.9 Å². The summed E-state index contributed by atoms with van der Waals surface area (Å²) in [4.78, 5) is 10.0. The molecule has 0 spiro atoms. The van der Waals surface area contributed by atoms with Crippen LogP contribution in [0.25, 0.3) is 0 Å². The van der Waals surface area contributed by atoms with Crippen LogP contribution in [0.5, 0.6) is 0 Å². The number of nitrogens with one attached hydrogen (secondary N) is 1. The molecule has 0 fully saturated rings. The third-order valence-corrected chi connectivity index (χ3v) is 5.39. The molecule has 0 aliphatic rings. The second-order valence-corrected chi connectivity index (χ2v) is 8.46. The smallest absolute Gasteiger partial charge is 0.193 e. The average Bonchev–Trinajstić information content (AvgIpc) is 3.12. The summed E-state index contributed by atoms with van der Waals surface area (Å²) in [5.41, 5.74) is 1.19. The highest BCUT2D eigenvalue weighted by molar-refractivity contribution is 9.11. The molecule has 1 atom stereocenters. The maximum absolute atomic E-state index is 4.41. The minimum Gasteiger partial charge on any atom is -0.354 e. The highest BCUT2D eigenvalue weighted by Gasteiger charge is 2.17. The highest BCUT2D eigenvalue weighted by atomic mass is 79.9. The largest absolute Gasteiger partial charge is 0.354 e. The number of hydrogen-bond donors (Lipinski definition) is 1. The van der Waals surface area contributed by atoms with Crippen molar-refractivity contribution >= 4 is 33.2 Å². The minimum absolute atomic E-state index is 0.236. The lowest BCUT2D eigenvalue weighted by atomic mass is 10.1. The molecule has 24 heavy (non-hydrogen) atoms. The number of aromatic nitrogens is 2. The molecule has 0 aliphatic carbocycles. The summed E-state index contributed by atoms with van der Waals surface area (Å²) >= 11 is 5.26. The third-order valence-electron chi connectivity index (χ3n) is 3.78. The van der Waals surface area contributed by atoms with Gasteiger partial charge in [-0.05, 0) is 42.2 Å². The quantitative estimate of drug-likeness (QED) is 0.584. The normalized spacial score (nSPS) is 13.4. The zero-order valence-corrected chi connectivity index (χ0v) is 17.2. The molecule has 0 saturated heterocycles. The van der Waals surface area contributed by atoms with Gasteiger partial charge in [0.25, 0.3) is 0 Å². The Morgan fingerprint density at radius 3 is 2.67 bits per heavy atom. The van der Waals surface area contributed by atoms with Gasteiger partial charge in [-0.25, -0.2) is 0 Å². The Morgan fingerprint density at radius 1 is 1.42 bits per heavy atom. The molecule has 0 bridgehead atoms. The lowest BCUT2D eigenvalue weighted by molar-refractivity contribution is 0.295. The van der Waals surface area contributed by atoms with Gasteiger partial charge < -0.3 is 15.1 Å². The number of thiophene rings is 1. The molecule has 2 rings (SSSR count). The lowest BCUT2D eigenvalue weighted by Crippen LogP contribution is -2.42. The number of nitrogens with zero attached hydrogens (tertiary/aromatic N) is 5. The molecule has 0 amide bonds. The van der Waals surface area contributed by atoms with Crippen LogP contribution in [0.2, 0.25) is 0 Å². The van der Waals surface area contributed by atoms with E-state index in [9.17, 15) is 0 Å². The van der Waals surface area contributed by atoms with E-state index in [4.69, 9.17) is 0 Å². The van der Waals surface area contributed by atoms with Crippen LogP contribution in [-0.4, -0.2) is 60.3 Å². The van der Waals surface area contributed by atoms with E-state index in [1.807, 2.05) is 25.0 Å². The molecular weight excluding hydrogens is 388 g/mol. The van der Waals surface area contributed by atoms with Crippen LogP contribution in [0, 0.1) is 0 Å². The van der Waals surface area contributed by atoms with Gasteiger partial charge in [0, 0.05) is 44.3 Å². The SMILES string of the molecule is CN=C(NCC(c1cnn(C)c1)N(C)C)N(C)Cc1ccc(Br)s1. The summed E-state index contributed by atoms with van der Waals surface area (Å²) in [5.74, 6) is 0.885. The number of hydrogen-bond acceptors (Lipinski definition) is 4. The first-order valence-corrected chi connectivity index (χ1v) is 9.32. The standard InChI is InChI=1S/C16H25BrN6S/c1-18-16(22(4)11-13-6-7-15(17)24-13)19-9-14(21(2)3)12-8-20-23(5)10-12/h6-8,10,14H,9,11H2,1-5H3,(H,18,19). The molecule has 132 valence electrons. The van der Waals surface area contributed by atoms with E-state index in [0.717, 1.165) is 22.8 Å². The molecule has 0 radical (unpaired) electrons. The molecule has 0 aliphatic heterocycles. The molecule has 0 aromatic carbocycles. The molecule has 2 aromatic rings. The second-order valence-electron chi connectivity index (χ2n) is 5.92. The van der Waals surface area contributed by atoms with Gasteiger partial charge in [0.15, 0.2) is 5.96 Å². The number of halogens is 1. The van der Waals surface area contributed by atoms with E-state index < -0.39 is 0 Å². The van der Waals surface area contributed by atoms with Crippen LogP contribution >= 0.6 is 27.3 Å². The fourth-order valence-corrected chi connectivity index (χ4v) is 4.07. The van der Waals surface area contributed by atoms with Crippen LogP contribution in [0.15, 0.2) is 33.3 Å². The highest BCUT2D eigenvalue weighted by Crippen LogP contribution is 2.23. The van der Waals surface area contributed by atoms with Crippen molar-refractivity contribution in [3.05, 3.63) is 38.8 Å². The van der Waals surface area contributed by atoms with Crippen LogP contribution in [-0.2, 0) is 13.6 Å². The first-order chi connectivity index (χ1) is 11.4. The van der Waals surface area contributed by atoms with Gasteiger partial charge in [0.2, 0.25) is 0 Å². The van der Waals surface area contributed by atoms with Crippen LogP contribution in [0.3, 0.4) is 0 Å². The Hall–Kier alpha value is -1.38. The van der Waals surface area contributed by atoms with Gasteiger partial charge in [-0.2, -0.15) is 5.10 Å². The summed E-state index contributed by atoms with van der Waals surface area (Å²) in [6.45, 7) is 1.60. The predicted molar refractivity (Wildman–Crippen MR) is 104 cm³/mol. The van der Waals surface area contributed by atoms with Crippen LogP contribution in [0.1, 0.15) is 16.5 Å². The molecule has 2 heterocycles. The molecule has 8 heteroatoms. The van der Waals surface area contributed by atoms with Gasteiger partial charge in [0.1, 0.15) is 0 Å². The van der Waals surface area contributed by atoms with Gasteiger partial charge in [-0.15, -0.1) is 11.3 Å². The number of rotatable bonds is 6. The number of guanidine groups is 1. The summed E-state index contributed by atoms with van der Waals surface area (Å²) in [5, 5.41) is 7.75. The van der Waals surface area contributed by atoms with E-state index in [2.05, 4.69) is 80.6 Å². The number of aliphatic imine (C=N–C) groups is 1.